The van der Waals surface area contributed by atoms with Crippen molar-refractivity contribution in [2.45, 2.75) is 25.7 Å². The lowest BCUT2D eigenvalue weighted by Crippen LogP contribution is -2.13. The summed E-state index contributed by atoms with van der Waals surface area (Å²) in [5, 5.41) is 15.2. The number of carbonyl (C=O) groups is 1. The van der Waals surface area contributed by atoms with Gasteiger partial charge in [-0.15, -0.1) is 0 Å². The number of carboxylic acid groups (broad SMARTS) is 1. The maximum atomic E-state index is 11.8. The lowest BCUT2D eigenvalue weighted by atomic mass is 9.92. The molecule has 0 spiro atoms. The van der Waals surface area contributed by atoms with Crippen molar-refractivity contribution in [3.63, 3.8) is 0 Å². The molecule has 1 N–H and O–H groups in total. The Morgan fingerprint density at radius 2 is 1.93 bits per heavy atom. The number of halogens is 2. The quantitative estimate of drug-likeness (QED) is 0.591. The Balaban J connectivity index is 1.80. The normalized spacial score (nSPS) is 12.1. The van der Waals surface area contributed by atoms with Crippen molar-refractivity contribution < 1.29 is 9.90 Å². The number of nitrogens with zero attached hydrogens (tertiary/aromatic N) is 2. The van der Waals surface area contributed by atoms with Gasteiger partial charge in [-0.05, 0) is 43.5 Å². The van der Waals surface area contributed by atoms with Crippen LogP contribution in [0.3, 0.4) is 0 Å². The van der Waals surface area contributed by atoms with E-state index in [4.69, 9.17) is 23.2 Å². The van der Waals surface area contributed by atoms with Crippen molar-refractivity contribution in [3.8, 4) is 11.3 Å². The van der Waals surface area contributed by atoms with Gasteiger partial charge in [0.25, 0.3) is 0 Å². The molecular formula is C21H20Cl2N2O2. The Morgan fingerprint density at radius 1 is 1.15 bits per heavy atom. The number of hydrogen-bond acceptors (Lipinski definition) is 2. The van der Waals surface area contributed by atoms with Crippen molar-refractivity contribution in [3.05, 3.63) is 75.4 Å². The van der Waals surface area contributed by atoms with Gasteiger partial charge in [0.2, 0.25) is 0 Å². The monoisotopic (exact) mass is 402 g/mol. The van der Waals surface area contributed by atoms with Crippen molar-refractivity contribution in [2.24, 2.45) is 7.05 Å². The largest absolute Gasteiger partial charge is 0.481 e. The Labute approximate surface area is 168 Å². The first-order valence-electron chi connectivity index (χ1n) is 8.63. The molecule has 0 saturated carbocycles. The van der Waals surface area contributed by atoms with Crippen molar-refractivity contribution in [2.75, 3.05) is 0 Å². The van der Waals surface area contributed by atoms with Gasteiger partial charge < -0.3 is 5.11 Å². The number of rotatable bonds is 6. The van der Waals surface area contributed by atoms with E-state index in [-0.39, 0.29) is 0 Å². The zero-order chi connectivity index (χ0) is 19.6. The highest BCUT2D eigenvalue weighted by Gasteiger charge is 2.21. The molecule has 0 bridgehead atoms. The average Bonchev–Trinajstić information content (AvgIpc) is 2.98. The maximum absolute atomic E-state index is 11.8. The van der Waals surface area contributed by atoms with Gasteiger partial charge in [0.05, 0.1) is 21.7 Å². The number of hydrogen-bond donors (Lipinski definition) is 1. The second kappa shape index (κ2) is 8.15. The summed E-state index contributed by atoms with van der Waals surface area (Å²) < 4.78 is 1.78. The highest BCUT2D eigenvalue weighted by atomic mass is 35.5. The molecule has 1 aromatic heterocycles. The molecular weight excluding hydrogens is 383 g/mol. The first-order valence-corrected chi connectivity index (χ1v) is 9.38. The first kappa shape index (κ1) is 19.5. The fourth-order valence-electron chi connectivity index (χ4n) is 3.15. The molecule has 4 nitrogen and oxygen atoms in total. The van der Waals surface area contributed by atoms with Crippen LogP contribution in [0, 0.1) is 6.92 Å². The molecule has 0 fully saturated rings. The Morgan fingerprint density at radius 3 is 2.59 bits per heavy atom. The number of aliphatic carboxylic acids is 1. The van der Waals surface area contributed by atoms with Gasteiger partial charge in [0.1, 0.15) is 0 Å². The molecule has 0 amide bonds. The molecule has 6 heteroatoms. The van der Waals surface area contributed by atoms with Gasteiger partial charge in [-0.25, -0.2) is 0 Å². The molecule has 140 valence electrons. The number of aryl methyl sites for hydroxylation is 3. The highest BCUT2D eigenvalue weighted by Crippen LogP contribution is 2.29. The number of aromatic nitrogens is 2. The van der Waals surface area contributed by atoms with E-state index in [9.17, 15) is 9.90 Å². The summed E-state index contributed by atoms with van der Waals surface area (Å²) in [4.78, 5) is 11.8. The van der Waals surface area contributed by atoms with E-state index in [0.717, 1.165) is 28.1 Å². The number of carboxylic acids is 1. The van der Waals surface area contributed by atoms with Crippen LogP contribution in [0.15, 0.2) is 48.5 Å². The molecule has 3 rings (SSSR count). The van der Waals surface area contributed by atoms with Crippen molar-refractivity contribution >= 4 is 29.2 Å². The Hall–Kier alpha value is -2.30. The van der Waals surface area contributed by atoms with Crippen molar-refractivity contribution in [1.82, 2.24) is 9.78 Å². The standard InChI is InChI=1S/C21H20Cl2N2O2/c1-13-4-3-5-14(10-13)17(21(26)27)8-7-16-12-20(24-25(16)2)15-6-9-18(22)19(23)11-15/h3-6,9-12,17H,7-8H2,1-2H3,(H,26,27). The molecule has 0 saturated heterocycles. The predicted molar refractivity (Wildman–Crippen MR) is 109 cm³/mol. The second-order valence-electron chi connectivity index (χ2n) is 6.62. The summed E-state index contributed by atoms with van der Waals surface area (Å²) in [6, 6.07) is 15.0. The third-order valence-electron chi connectivity index (χ3n) is 4.62. The smallest absolute Gasteiger partial charge is 0.310 e. The molecule has 2 aromatic carbocycles. The first-order chi connectivity index (χ1) is 12.8. The van der Waals surface area contributed by atoms with Gasteiger partial charge >= 0.3 is 5.97 Å². The van der Waals surface area contributed by atoms with Crippen molar-refractivity contribution in [1.29, 1.82) is 0 Å². The van der Waals surface area contributed by atoms with E-state index in [1.807, 2.05) is 50.4 Å². The summed E-state index contributed by atoms with van der Waals surface area (Å²) in [5.74, 6) is -1.36. The van der Waals surface area contributed by atoms with E-state index in [1.165, 1.54) is 0 Å². The molecule has 0 aliphatic carbocycles. The van der Waals surface area contributed by atoms with E-state index < -0.39 is 11.9 Å². The minimum atomic E-state index is -0.813. The zero-order valence-electron chi connectivity index (χ0n) is 15.1. The Bertz CT molecular complexity index is 982. The highest BCUT2D eigenvalue weighted by molar-refractivity contribution is 6.42. The maximum Gasteiger partial charge on any atom is 0.310 e. The molecule has 1 unspecified atom stereocenters. The van der Waals surface area contributed by atoms with Crippen LogP contribution in [-0.4, -0.2) is 20.9 Å². The number of benzene rings is 2. The van der Waals surface area contributed by atoms with Crippen LogP contribution in [-0.2, 0) is 18.3 Å². The molecule has 0 aliphatic rings. The van der Waals surface area contributed by atoms with Gasteiger partial charge in [0, 0.05) is 18.3 Å². The zero-order valence-corrected chi connectivity index (χ0v) is 16.6. The van der Waals surface area contributed by atoms with E-state index in [0.29, 0.717) is 22.9 Å². The van der Waals surface area contributed by atoms with Gasteiger partial charge in [0.15, 0.2) is 0 Å². The molecule has 1 atom stereocenters. The summed E-state index contributed by atoms with van der Waals surface area (Å²) in [6.07, 6.45) is 1.11. The van der Waals surface area contributed by atoms with Crippen LogP contribution in [0.2, 0.25) is 10.0 Å². The molecule has 3 aromatic rings. The molecule has 0 radical (unpaired) electrons. The fraction of sp³-hybridized carbons (Fsp3) is 0.238. The third kappa shape index (κ3) is 4.52. The Kier molecular flexibility index (Phi) is 5.88. The van der Waals surface area contributed by atoms with E-state index in [2.05, 4.69) is 5.10 Å². The summed E-state index contributed by atoms with van der Waals surface area (Å²) in [7, 11) is 1.86. The second-order valence-corrected chi connectivity index (χ2v) is 7.43. The van der Waals surface area contributed by atoms with Crippen LogP contribution in [0.4, 0.5) is 0 Å². The van der Waals surface area contributed by atoms with Gasteiger partial charge in [-0.1, -0.05) is 59.1 Å². The molecule has 1 heterocycles. The van der Waals surface area contributed by atoms with Crippen LogP contribution >= 0.6 is 23.2 Å². The lowest BCUT2D eigenvalue weighted by molar-refractivity contribution is -0.138. The molecule has 0 aliphatic heterocycles. The summed E-state index contributed by atoms with van der Waals surface area (Å²) in [6.45, 7) is 1.97. The van der Waals surface area contributed by atoms with E-state index >= 15 is 0 Å². The van der Waals surface area contributed by atoms with Crippen LogP contribution in [0.1, 0.15) is 29.2 Å². The lowest BCUT2D eigenvalue weighted by Gasteiger charge is -2.13. The predicted octanol–water partition coefficient (Wildman–Crippen LogP) is 5.50. The fourth-order valence-corrected chi connectivity index (χ4v) is 3.45. The average molecular weight is 403 g/mol. The van der Waals surface area contributed by atoms with Crippen LogP contribution in [0.5, 0.6) is 0 Å². The summed E-state index contributed by atoms with van der Waals surface area (Å²) in [5.41, 5.74) is 4.51. The molecule has 27 heavy (non-hydrogen) atoms. The third-order valence-corrected chi connectivity index (χ3v) is 5.36. The SMILES string of the molecule is Cc1cccc(C(CCc2cc(-c3ccc(Cl)c(Cl)c3)nn2C)C(=O)O)c1. The minimum Gasteiger partial charge on any atom is -0.481 e. The van der Waals surface area contributed by atoms with Crippen LogP contribution in [0.25, 0.3) is 11.3 Å². The summed E-state index contributed by atoms with van der Waals surface area (Å²) >= 11 is 12.1. The van der Waals surface area contributed by atoms with E-state index in [1.54, 1.807) is 16.8 Å². The minimum absolute atomic E-state index is 0.478. The topological polar surface area (TPSA) is 55.1 Å². The van der Waals surface area contributed by atoms with Gasteiger partial charge in [-0.3, -0.25) is 9.48 Å². The van der Waals surface area contributed by atoms with Crippen LogP contribution < -0.4 is 0 Å². The van der Waals surface area contributed by atoms with Gasteiger partial charge in [-0.2, -0.15) is 5.10 Å².